The van der Waals surface area contributed by atoms with Crippen LogP contribution in [0.1, 0.15) is 43.5 Å². The molecule has 0 heterocycles. The number of rotatable bonds is 5. The Morgan fingerprint density at radius 1 is 1.39 bits per heavy atom. The Hall–Kier alpha value is -1.35. The van der Waals surface area contributed by atoms with Crippen molar-refractivity contribution < 1.29 is 9.53 Å². The summed E-state index contributed by atoms with van der Waals surface area (Å²) in [6.45, 7) is 4.36. The Morgan fingerprint density at radius 3 is 2.56 bits per heavy atom. The van der Waals surface area contributed by atoms with Gasteiger partial charge in [-0.25, -0.2) is 0 Å². The van der Waals surface area contributed by atoms with Crippen molar-refractivity contribution in [1.29, 1.82) is 0 Å². The minimum Gasteiger partial charge on any atom is -0.490 e. The molecule has 3 nitrogen and oxygen atoms in total. The zero-order valence-corrected chi connectivity index (χ0v) is 11.1. The minimum atomic E-state index is -0.337. The molecule has 0 unspecified atom stereocenters. The molecule has 0 bridgehead atoms. The fraction of sp³-hybridized carbons (Fsp3) is 0.533. The van der Waals surface area contributed by atoms with Crippen LogP contribution < -0.4 is 10.5 Å². The molecule has 1 fully saturated rings. The number of para-hydroxylation sites is 1. The Labute approximate surface area is 108 Å². The van der Waals surface area contributed by atoms with Gasteiger partial charge in [0.05, 0.1) is 11.7 Å². The minimum absolute atomic E-state index is 0.0640. The quantitative estimate of drug-likeness (QED) is 0.814. The molecule has 1 aliphatic rings. The average molecular weight is 247 g/mol. The zero-order valence-electron chi connectivity index (χ0n) is 11.1. The standard InChI is InChI=1S/C15H21NO2/c1-11(2)18-13-7-4-3-6-12(13)14(17)15(10-16)8-5-9-15/h3-4,6-7,11H,5,8-10,16H2,1-2H3. The van der Waals surface area contributed by atoms with Crippen molar-refractivity contribution in [3.8, 4) is 5.75 Å². The number of ketones is 1. The van der Waals surface area contributed by atoms with E-state index in [4.69, 9.17) is 10.5 Å². The van der Waals surface area contributed by atoms with Crippen LogP contribution in [0.25, 0.3) is 0 Å². The fourth-order valence-electron chi connectivity index (χ4n) is 2.42. The smallest absolute Gasteiger partial charge is 0.173 e. The van der Waals surface area contributed by atoms with Gasteiger partial charge in [-0.05, 0) is 38.8 Å². The summed E-state index contributed by atoms with van der Waals surface area (Å²) in [6.07, 6.45) is 2.96. The molecule has 0 spiro atoms. The molecule has 0 amide bonds. The first-order chi connectivity index (χ1) is 8.59. The van der Waals surface area contributed by atoms with E-state index < -0.39 is 0 Å². The molecule has 2 N–H and O–H groups in total. The SMILES string of the molecule is CC(C)Oc1ccccc1C(=O)C1(CN)CCC1. The monoisotopic (exact) mass is 247 g/mol. The van der Waals surface area contributed by atoms with E-state index in [1.165, 1.54) is 0 Å². The molecule has 0 radical (unpaired) electrons. The molecule has 1 saturated carbocycles. The predicted octanol–water partition coefficient (Wildman–Crippen LogP) is 2.79. The van der Waals surface area contributed by atoms with E-state index in [9.17, 15) is 4.79 Å². The summed E-state index contributed by atoms with van der Waals surface area (Å²) >= 11 is 0. The highest BCUT2D eigenvalue weighted by Crippen LogP contribution is 2.44. The predicted molar refractivity (Wildman–Crippen MR) is 71.9 cm³/mol. The molecule has 3 heteroatoms. The summed E-state index contributed by atoms with van der Waals surface area (Å²) in [5.41, 5.74) is 6.14. The van der Waals surface area contributed by atoms with Gasteiger partial charge < -0.3 is 10.5 Å². The van der Waals surface area contributed by atoms with Gasteiger partial charge in [0, 0.05) is 12.0 Å². The molecular weight excluding hydrogens is 226 g/mol. The normalized spacial score (nSPS) is 17.3. The maximum atomic E-state index is 12.6. The van der Waals surface area contributed by atoms with Gasteiger partial charge in [-0.1, -0.05) is 18.6 Å². The van der Waals surface area contributed by atoms with Gasteiger partial charge >= 0.3 is 0 Å². The van der Waals surface area contributed by atoms with Gasteiger partial charge in [-0.3, -0.25) is 4.79 Å². The van der Waals surface area contributed by atoms with E-state index in [1.54, 1.807) is 0 Å². The van der Waals surface area contributed by atoms with Gasteiger partial charge in [-0.15, -0.1) is 0 Å². The second kappa shape index (κ2) is 5.11. The van der Waals surface area contributed by atoms with Crippen LogP contribution in [0.5, 0.6) is 5.75 Å². The largest absolute Gasteiger partial charge is 0.490 e. The van der Waals surface area contributed by atoms with Crippen LogP contribution in [0.3, 0.4) is 0 Å². The molecule has 0 aromatic heterocycles. The van der Waals surface area contributed by atoms with Crippen LogP contribution in [0.4, 0.5) is 0 Å². The van der Waals surface area contributed by atoms with E-state index in [2.05, 4.69) is 0 Å². The van der Waals surface area contributed by atoms with Crippen LogP contribution in [0.2, 0.25) is 0 Å². The van der Waals surface area contributed by atoms with E-state index in [0.717, 1.165) is 19.3 Å². The van der Waals surface area contributed by atoms with E-state index >= 15 is 0 Å². The highest BCUT2D eigenvalue weighted by Gasteiger charge is 2.43. The van der Waals surface area contributed by atoms with Crippen molar-refractivity contribution in [2.24, 2.45) is 11.1 Å². The molecule has 1 aromatic rings. The Bertz CT molecular complexity index is 430. The summed E-state index contributed by atoms with van der Waals surface area (Å²) in [6, 6.07) is 7.47. The highest BCUT2D eigenvalue weighted by molar-refractivity contribution is 6.03. The Balaban J connectivity index is 2.30. The first-order valence-electron chi connectivity index (χ1n) is 6.59. The van der Waals surface area contributed by atoms with Crippen molar-refractivity contribution in [1.82, 2.24) is 0 Å². The topological polar surface area (TPSA) is 52.3 Å². The van der Waals surface area contributed by atoms with Crippen molar-refractivity contribution in [3.63, 3.8) is 0 Å². The molecule has 1 aromatic carbocycles. The average Bonchev–Trinajstić information content (AvgIpc) is 2.28. The van der Waals surface area contributed by atoms with E-state index in [-0.39, 0.29) is 17.3 Å². The number of ether oxygens (including phenoxy) is 1. The van der Waals surface area contributed by atoms with Gasteiger partial charge in [0.15, 0.2) is 5.78 Å². The second-order valence-electron chi connectivity index (χ2n) is 5.33. The summed E-state index contributed by atoms with van der Waals surface area (Å²) in [4.78, 5) is 12.6. The number of Topliss-reactive ketones (excluding diaryl/α,β-unsaturated/α-hetero) is 1. The summed E-state index contributed by atoms with van der Waals surface area (Å²) in [5, 5.41) is 0. The second-order valence-corrected chi connectivity index (χ2v) is 5.33. The lowest BCUT2D eigenvalue weighted by Crippen LogP contribution is -2.44. The van der Waals surface area contributed by atoms with E-state index in [1.807, 2.05) is 38.1 Å². The zero-order chi connectivity index (χ0) is 13.2. The third-order valence-corrected chi connectivity index (χ3v) is 3.68. The van der Waals surface area contributed by atoms with Crippen LogP contribution in [-0.2, 0) is 0 Å². The van der Waals surface area contributed by atoms with Crippen molar-refractivity contribution in [2.45, 2.75) is 39.2 Å². The molecule has 0 aliphatic heterocycles. The lowest BCUT2D eigenvalue weighted by molar-refractivity contribution is 0.0630. The fourth-order valence-corrected chi connectivity index (χ4v) is 2.42. The number of benzene rings is 1. The molecule has 98 valence electrons. The van der Waals surface area contributed by atoms with Crippen molar-refractivity contribution in [3.05, 3.63) is 29.8 Å². The van der Waals surface area contributed by atoms with Crippen LogP contribution in [0, 0.1) is 5.41 Å². The Morgan fingerprint density at radius 2 is 2.06 bits per heavy atom. The van der Waals surface area contributed by atoms with E-state index in [0.29, 0.717) is 17.9 Å². The highest BCUT2D eigenvalue weighted by atomic mass is 16.5. The van der Waals surface area contributed by atoms with Crippen LogP contribution in [-0.4, -0.2) is 18.4 Å². The third-order valence-electron chi connectivity index (χ3n) is 3.68. The number of hydrogen-bond donors (Lipinski definition) is 1. The molecule has 0 saturated heterocycles. The number of carbonyl (C=O) groups is 1. The number of hydrogen-bond acceptors (Lipinski definition) is 3. The Kier molecular flexibility index (Phi) is 3.71. The lowest BCUT2D eigenvalue weighted by Gasteiger charge is -2.39. The molecular formula is C15H21NO2. The molecule has 1 aliphatic carbocycles. The van der Waals surface area contributed by atoms with Gasteiger partial charge in [0.25, 0.3) is 0 Å². The number of carbonyl (C=O) groups excluding carboxylic acids is 1. The third kappa shape index (κ3) is 2.27. The first-order valence-corrected chi connectivity index (χ1v) is 6.59. The van der Waals surface area contributed by atoms with Gasteiger partial charge in [0.1, 0.15) is 5.75 Å². The van der Waals surface area contributed by atoms with Crippen LogP contribution >= 0.6 is 0 Å². The van der Waals surface area contributed by atoms with Crippen molar-refractivity contribution in [2.75, 3.05) is 6.54 Å². The summed E-state index contributed by atoms with van der Waals surface area (Å²) in [5.74, 6) is 0.824. The summed E-state index contributed by atoms with van der Waals surface area (Å²) in [7, 11) is 0. The molecule has 2 rings (SSSR count). The van der Waals surface area contributed by atoms with Crippen LogP contribution in [0.15, 0.2) is 24.3 Å². The maximum Gasteiger partial charge on any atom is 0.173 e. The lowest BCUT2D eigenvalue weighted by atomic mass is 9.64. The maximum absolute atomic E-state index is 12.6. The molecule has 18 heavy (non-hydrogen) atoms. The van der Waals surface area contributed by atoms with Gasteiger partial charge in [-0.2, -0.15) is 0 Å². The number of nitrogens with two attached hydrogens (primary N) is 1. The first kappa shape index (κ1) is 13.1. The molecule has 0 atom stereocenters. The van der Waals surface area contributed by atoms with Crippen molar-refractivity contribution >= 4 is 5.78 Å². The summed E-state index contributed by atoms with van der Waals surface area (Å²) < 4.78 is 5.71. The van der Waals surface area contributed by atoms with Gasteiger partial charge in [0.2, 0.25) is 0 Å².